The Hall–Kier alpha value is -1.28. The van der Waals surface area contributed by atoms with Crippen LogP contribution < -0.4 is 4.74 Å². The highest BCUT2D eigenvalue weighted by Crippen LogP contribution is 2.27. The van der Waals surface area contributed by atoms with E-state index in [-0.39, 0.29) is 0 Å². The van der Waals surface area contributed by atoms with Crippen LogP contribution in [-0.4, -0.2) is 12.1 Å². The Bertz CT molecular complexity index is 482. The topological polar surface area (TPSA) is 22.1 Å². The van der Waals surface area contributed by atoms with Crippen molar-refractivity contribution in [2.75, 3.05) is 7.11 Å². The van der Waals surface area contributed by atoms with E-state index in [2.05, 4.69) is 4.98 Å². The van der Waals surface area contributed by atoms with Gasteiger partial charge in [0.25, 0.3) is 0 Å². The lowest BCUT2D eigenvalue weighted by atomic mass is 10.1. The Morgan fingerprint density at radius 2 is 2.00 bits per heavy atom. The van der Waals surface area contributed by atoms with Gasteiger partial charge in [0.1, 0.15) is 16.4 Å². The highest BCUT2D eigenvalue weighted by Gasteiger charge is 2.05. The van der Waals surface area contributed by atoms with E-state index in [0.29, 0.717) is 5.15 Å². The summed E-state index contributed by atoms with van der Waals surface area (Å²) in [5.41, 5.74) is 1.99. The summed E-state index contributed by atoms with van der Waals surface area (Å²) in [5.74, 6) is 0.758. The van der Waals surface area contributed by atoms with E-state index in [1.807, 2.05) is 25.1 Å². The molecule has 0 fully saturated rings. The van der Waals surface area contributed by atoms with Gasteiger partial charge in [0.2, 0.25) is 0 Å². The molecule has 14 heavy (non-hydrogen) atoms. The number of benzene rings is 1. The second kappa shape index (κ2) is 3.46. The highest BCUT2D eigenvalue weighted by atomic mass is 35.5. The van der Waals surface area contributed by atoms with E-state index in [1.165, 1.54) is 5.56 Å². The number of aromatic nitrogens is 1. The van der Waals surface area contributed by atoms with Crippen molar-refractivity contribution in [3.05, 3.63) is 35.0 Å². The Labute approximate surface area is 87.5 Å². The minimum absolute atomic E-state index is 0.487. The third-order valence-corrected chi connectivity index (χ3v) is 2.43. The molecule has 1 aromatic carbocycles. The van der Waals surface area contributed by atoms with Crippen molar-refractivity contribution in [1.29, 1.82) is 0 Å². The smallest absolute Gasteiger partial charge is 0.145 e. The zero-order chi connectivity index (χ0) is 10.1. The van der Waals surface area contributed by atoms with Crippen LogP contribution in [0.3, 0.4) is 0 Å². The van der Waals surface area contributed by atoms with Crippen LogP contribution in [0.15, 0.2) is 24.3 Å². The maximum Gasteiger partial charge on any atom is 0.145 e. The molecule has 2 rings (SSSR count). The van der Waals surface area contributed by atoms with Crippen LogP contribution in [0.2, 0.25) is 5.15 Å². The minimum atomic E-state index is 0.487. The number of rotatable bonds is 1. The van der Waals surface area contributed by atoms with Gasteiger partial charge in [-0.15, -0.1) is 0 Å². The maximum absolute atomic E-state index is 5.83. The van der Waals surface area contributed by atoms with Gasteiger partial charge >= 0.3 is 0 Å². The van der Waals surface area contributed by atoms with Gasteiger partial charge in [-0.3, -0.25) is 0 Å². The van der Waals surface area contributed by atoms with Gasteiger partial charge in [-0.2, -0.15) is 0 Å². The predicted molar refractivity (Wildman–Crippen MR) is 58.0 cm³/mol. The molecule has 0 amide bonds. The lowest BCUT2D eigenvalue weighted by Gasteiger charge is -2.06. The van der Waals surface area contributed by atoms with Crippen molar-refractivity contribution in [2.24, 2.45) is 0 Å². The third kappa shape index (κ3) is 1.42. The maximum atomic E-state index is 5.83. The predicted octanol–water partition coefficient (Wildman–Crippen LogP) is 3.21. The SMILES string of the molecule is COc1ccc(C)c2ccc(Cl)nc12. The number of nitrogens with zero attached hydrogens (tertiary/aromatic N) is 1. The molecule has 0 radical (unpaired) electrons. The molecule has 2 aromatic rings. The molecule has 0 unspecified atom stereocenters. The van der Waals surface area contributed by atoms with Crippen LogP contribution in [0, 0.1) is 6.92 Å². The number of hydrogen-bond donors (Lipinski definition) is 0. The van der Waals surface area contributed by atoms with Gasteiger partial charge in [-0.1, -0.05) is 17.7 Å². The monoisotopic (exact) mass is 207 g/mol. The van der Waals surface area contributed by atoms with Crippen LogP contribution in [0.1, 0.15) is 5.56 Å². The minimum Gasteiger partial charge on any atom is -0.494 e. The number of pyridine rings is 1. The van der Waals surface area contributed by atoms with E-state index < -0.39 is 0 Å². The summed E-state index contributed by atoms with van der Waals surface area (Å²) in [4.78, 5) is 4.25. The third-order valence-electron chi connectivity index (χ3n) is 2.22. The normalized spacial score (nSPS) is 10.5. The number of fused-ring (bicyclic) bond motifs is 1. The molecule has 1 aromatic heterocycles. The summed E-state index contributed by atoms with van der Waals surface area (Å²) in [7, 11) is 1.63. The van der Waals surface area contributed by atoms with Gasteiger partial charge in [-0.25, -0.2) is 4.98 Å². The fraction of sp³-hybridized carbons (Fsp3) is 0.182. The Kier molecular flexibility index (Phi) is 2.30. The van der Waals surface area contributed by atoms with Crippen molar-refractivity contribution in [3.8, 4) is 5.75 Å². The molecule has 2 nitrogen and oxygen atoms in total. The van der Waals surface area contributed by atoms with Crippen molar-refractivity contribution < 1.29 is 4.74 Å². The summed E-state index contributed by atoms with van der Waals surface area (Å²) in [6.07, 6.45) is 0. The molecule has 0 saturated heterocycles. The first-order valence-corrected chi connectivity index (χ1v) is 4.70. The van der Waals surface area contributed by atoms with Crippen LogP contribution >= 0.6 is 11.6 Å². The number of halogens is 1. The van der Waals surface area contributed by atoms with Gasteiger partial charge in [0, 0.05) is 5.39 Å². The zero-order valence-corrected chi connectivity index (χ0v) is 8.80. The molecule has 0 saturated carbocycles. The first kappa shape index (κ1) is 9.28. The molecule has 0 aliphatic carbocycles. The van der Waals surface area contributed by atoms with E-state index in [9.17, 15) is 0 Å². The number of methoxy groups -OCH3 is 1. The Balaban J connectivity index is 2.85. The lowest BCUT2D eigenvalue weighted by Crippen LogP contribution is -1.89. The first-order valence-electron chi connectivity index (χ1n) is 4.32. The molecule has 0 bridgehead atoms. The molecule has 0 aliphatic heterocycles. The van der Waals surface area contributed by atoms with Crippen molar-refractivity contribution >= 4 is 22.5 Å². The number of hydrogen-bond acceptors (Lipinski definition) is 2. The largest absolute Gasteiger partial charge is 0.494 e. The van der Waals surface area contributed by atoms with Crippen LogP contribution in [0.5, 0.6) is 5.75 Å². The zero-order valence-electron chi connectivity index (χ0n) is 8.04. The average Bonchev–Trinajstić information content (AvgIpc) is 2.18. The summed E-state index contributed by atoms with van der Waals surface area (Å²) in [5, 5.41) is 1.56. The molecule has 0 atom stereocenters. The summed E-state index contributed by atoms with van der Waals surface area (Å²) in [6.45, 7) is 2.04. The first-order chi connectivity index (χ1) is 6.72. The fourth-order valence-electron chi connectivity index (χ4n) is 1.48. The van der Waals surface area contributed by atoms with Crippen molar-refractivity contribution in [3.63, 3.8) is 0 Å². The molecule has 0 spiro atoms. The molecule has 0 aliphatic rings. The molecule has 1 heterocycles. The fourth-order valence-corrected chi connectivity index (χ4v) is 1.62. The number of aryl methyl sites for hydroxylation is 1. The van der Waals surface area contributed by atoms with Gasteiger partial charge < -0.3 is 4.74 Å². The quantitative estimate of drug-likeness (QED) is 0.670. The summed E-state index contributed by atoms with van der Waals surface area (Å²) < 4.78 is 5.22. The summed E-state index contributed by atoms with van der Waals surface area (Å²) in [6, 6.07) is 7.66. The lowest BCUT2D eigenvalue weighted by molar-refractivity contribution is 0.419. The molecular formula is C11H10ClNO. The van der Waals surface area contributed by atoms with Crippen LogP contribution in [0.4, 0.5) is 0 Å². The van der Waals surface area contributed by atoms with Crippen LogP contribution in [0.25, 0.3) is 10.9 Å². The van der Waals surface area contributed by atoms with Crippen molar-refractivity contribution in [1.82, 2.24) is 4.98 Å². The van der Waals surface area contributed by atoms with E-state index >= 15 is 0 Å². The van der Waals surface area contributed by atoms with E-state index in [1.54, 1.807) is 13.2 Å². The highest BCUT2D eigenvalue weighted by molar-refractivity contribution is 6.29. The second-order valence-electron chi connectivity index (χ2n) is 3.11. The Morgan fingerprint density at radius 1 is 1.21 bits per heavy atom. The standard InChI is InChI=1S/C11H10ClNO/c1-7-3-5-9(14-2)11-8(7)4-6-10(12)13-11/h3-6H,1-2H3. The molecule has 72 valence electrons. The van der Waals surface area contributed by atoms with Gasteiger partial charge in [-0.05, 0) is 30.7 Å². The second-order valence-corrected chi connectivity index (χ2v) is 3.50. The van der Waals surface area contributed by atoms with Gasteiger partial charge in [0.05, 0.1) is 7.11 Å². The number of ether oxygens (including phenoxy) is 1. The molecular weight excluding hydrogens is 198 g/mol. The molecule has 0 N–H and O–H groups in total. The average molecular weight is 208 g/mol. The summed E-state index contributed by atoms with van der Waals surface area (Å²) >= 11 is 5.83. The Morgan fingerprint density at radius 3 is 2.71 bits per heavy atom. The van der Waals surface area contributed by atoms with E-state index in [0.717, 1.165) is 16.7 Å². The van der Waals surface area contributed by atoms with Gasteiger partial charge in [0.15, 0.2) is 0 Å². The van der Waals surface area contributed by atoms with E-state index in [4.69, 9.17) is 16.3 Å². The van der Waals surface area contributed by atoms with Crippen molar-refractivity contribution in [2.45, 2.75) is 6.92 Å². The van der Waals surface area contributed by atoms with Crippen LogP contribution in [-0.2, 0) is 0 Å². The molecule has 3 heteroatoms.